The fourth-order valence-electron chi connectivity index (χ4n) is 5.53. The molecule has 1 amide bonds. The molecular formula is C26H36F2N6O2. The van der Waals surface area contributed by atoms with Gasteiger partial charge in [0.1, 0.15) is 6.29 Å². The number of amides is 1. The predicted molar refractivity (Wildman–Crippen MR) is 136 cm³/mol. The number of hydrogen-bond donors (Lipinski definition) is 1. The molecule has 5 rings (SSSR count). The Balaban J connectivity index is 0.000000967. The van der Waals surface area contributed by atoms with Gasteiger partial charge in [-0.05, 0) is 70.4 Å². The van der Waals surface area contributed by atoms with Crippen molar-refractivity contribution in [2.24, 2.45) is 0 Å². The van der Waals surface area contributed by atoms with E-state index in [4.69, 9.17) is 15.6 Å². The summed E-state index contributed by atoms with van der Waals surface area (Å²) in [6.07, 6.45) is 2.65. The standard InChI is InChI=1S/C24H32F2N6O.C2H4O/c1-15(33)30-11-7-21-19(14-30)24(28-32(21)17-5-9-29(2)10-6-17)31-8-3-4-16-12-20(27)18(23(25)26)13-22(16)31;1-2-3/h12-13,17,23H,3-11,14,27H2,1-2H3;2H,1H3. The highest BCUT2D eigenvalue weighted by Gasteiger charge is 2.34. The van der Waals surface area contributed by atoms with Gasteiger partial charge in [0.25, 0.3) is 6.43 Å². The van der Waals surface area contributed by atoms with E-state index in [2.05, 4.69) is 21.5 Å². The van der Waals surface area contributed by atoms with Crippen LogP contribution in [0.1, 0.15) is 68.0 Å². The lowest BCUT2D eigenvalue weighted by Gasteiger charge is -2.33. The van der Waals surface area contributed by atoms with E-state index >= 15 is 0 Å². The average Bonchev–Trinajstić information content (AvgIpc) is 3.22. The number of nitrogen functional groups attached to an aromatic ring is 1. The Morgan fingerprint density at radius 3 is 2.50 bits per heavy atom. The number of nitrogens with two attached hydrogens (primary N) is 1. The number of benzene rings is 1. The van der Waals surface area contributed by atoms with E-state index in [1.807, 2.05) is 4.90 Å². The quantitative estimate of drug-likeness (QED) is 0.507. The number of halogens is 2. The van der Waals surface area contributed by atoms with Gasteiger partial charge in [0.05, 0.1) is 12.6 Å². The number of carbonyl (C=O) groups is 2. The normalized spacial score (nSPS) is 18.4. The molecule has 36 heavy (non-hydrogen) atoms. The molecular weight excluding hydrogens is 466 g/mol. The van der Waals surface area contributed by atoms with Gasteiger partial charge in [0.2, 0.25) is 5.91 Å². The highest BCUT2D eigenvalue weighted by molar-refractivity contribution is 5.76. The highest BCUT2D eigenvalue weighted by atomic mass is 19.3. The number of rotatable bonds is 3. The smallest absolute Gasteiger partial charge is 0.265 e. The van der Waals surface area contributed by atoms with Gasteiger partial charge in [0.15, 0.2) is 5.82 Å². The first-order valence-corrected chi connectivity index (χ1v) is 12.7. The summed E-state index contributed by atoms with van der Waals surface area (Å²) in [4.78, 5) is 27.3. The summed E-state index contributed by atoms with van der Waals surface area (Å²) >= 11 is 0. The van der Waals surface area contributed by atoms with Crippen molar-refractivity contribution in [3.05, 3.63) is 34.5 Å². The van der Waals surface area contributed by atoms with Gasteiger partial charge in [-0.1, -0.05) is 0 Å². The number of hydrogen-bond acceptors (Lipinski definition) is 6. The lowest BCUT2D eigenvalue weighted by molar-refractivity contribution is -0.129. The Morgan fingerprint density at radius 2 is 1.86 bits per heavy atom. The summed E-state index contributed by atoms with van der Waals surface area (Å²) in [7, 11) is 2.14. The van der Waals surface area contributed by atoms with E-state index in [0.717, 1.165) is 74.1 Å². The summed E-state index contributed by atoms with van der Waals surface area (Å²) in [5, 5.41) is 5.12. The molecule has 4 heterocycles. The summed E-state index contributed by atoms with van der Waals surface area (Å²) < 4.78 is 29.5. The first-order chi connectivity index (χ1) is 17.2. The fraction of sp³-hybridized carbons (Fsp3) is 0.577. The van der Waals surface area contributed by atoms with Crippen molar-refractivity contribution >= 4 is 29.4 Å². The minimum absolute atomic E-state index is 0.0467. The maximum Gasteiger partial charge on any atom is 0.265 e. The van der Waals surface area contributed by atoms with Crippen molar-refractivity contribution in [2.45, 2.75) is 65.0 Å². The number of alkyl halides is 2. The molecule has 10 heteroatoms. The molecule has 1 aromatic carbocycles. The molecule has 0 spiro atoms. The van der Waals surface area contributed by atoms with E-state index in [-0.39, 0.29) is 17.2 Å². The van der Waals surface area contributed by atoms with Gasteiger partial charge in [0, 0.05) is 54.6 Å². The summed E-state index contributed by atoms with van der Waals surface area (Å²) in [5.41, 5.74) is 9.94. The Labute approximate surface area is 211 Å². The first-order valence-electron chi connectivity index (χ1n) is 12.7. The van der Waals surface area contributed by atoms with Crippen LogP contribution < -0.4 is 10.6 Å². The van der Waals surface area contributed by atoms with E-state index in [9.17, 15) is 13.6 Å². The number of aldehydes is 1. The van der Waals surface area contributed by atoms with Crippen LogP contribution in [0.15, 0.2) is 12.1 Å². The number of piperidine rings is 1. The second-order valence-electron chi connectivity index (χ2n) is 9.82. The second kappa shape index (κ2) is 10.9. The third kappa shape index (κ3) is 5.09. The van der Waals surface area contributed by atoms with E-state index in [1.165, 1.54) is 12.6 Å². The molecule has 196 valence electrons. The third-order valence-corrected chi connectivity index (χ3v) is 7.44. The lowest BCUT2D eigenvalue weighted by Crippen LogP contribution is -2.36. The van der Waals surface area contributed by atoms with Crippen LogP contribution in [0.25, 0.3) is 0 Å². The molecule has 2 N–H and O–H groups in total. The number of aryl methyl sites for hydroxylation is 1. The van der Waals surface area contributed by atoms with Crippen LogP contribution in [-0.2, 0) is 29.0 Å². The predicted octanol–water partition coefficient (Wildman–Crippen LogP) is 3.86. The molecule has 0 atom stereocenters. The van der Waals surface area contributed by atoms with Crippen molar-refractivity contribution in [2.75, 3.05) is 43.9 Å². The minimum Gasteiger partial charge on any atom is -0.398 e. The van der Waals surface area contributed by atoms with Gasteiger partial charge in [-0.2, -0.15) is 5.10 Å². The summed E-state index contributed by atoms with van der Waals surface area (Å²) in [6.45, 7) is 6.99. The van der Waals surface area contributed by atoms with Gasteiger partial charge in [-0.15, -0.1) is 0 Å². The van der Waals surface area contributed by atoms with Crippen molar-refractivity contribution < 1.29 is 18.4 Å². The van der Waals surface area contributed by atoms with Gasteiger partial charge >= 0.3 is 0 Å². The number of likely N-dealkylation sites (tertiary alicyclic amines) is 1. The Morgan fingerprint density at radius 1 is 1.17 bits per heavy atom. The zero-order valence-corrected chi connectivity index (χ0v) is 21.3. The summed E-state index contributed by atoms with van der Waals surface area (Å²) in [6, 6.07) is 3.56. The second-order valence-corrected chi connectivity index (χ2v) is 9.82. The van der Waals surface area contributed by atoms with Crippen LogP contribution in [0, 0.1) is 0 Å². The molecule has 8 nitrogen and oxygen atoms in total. The molecule has 0 saturated carbocycles. The summed E-state index contributed by atoms with van der Waals surface area (Å²) in [5.74, 6) is 0.853. The van der Waals surface area contributed by atoms with Crippen molar-refractivity contribution in [3.63, 3.8) is 0 Å². The van der Waals surface area contributed by atoms with Crippen LogP contribution in [0.4, 0.5) is 26.0 Å². The van der Waals surface area contributed by atoms with Crippen LogP contribution in [0.5, 0.6) is 0 Å². The average molecular weight is 503 g/mol. The maximum absolute atomic E-state index is 13.7. The van der Waals surface area contributed by atoms with Crippen molar-refractivity contribution in [1.29, 1.82) is 0 Å². The molecule has 2 aromatic rings. The SMILES string of the molecule is CC(=O)N1CCc2c(c(N3CCCc4cc(N)c(C(F)F)cc43)nn2C2CCN(C)CC2)C1.CC=O. The van der Waals surface area contributed by atoms with Gasteiger partial charge in [-0.25, -0.2) is 8.78 Å². The molecule has 3 aliphatic heterocycles. The van der Waals surface area contributed by atoms with Crippen LogP contribution in [-0.4, -0.2) is 65.0 Å². The van der Waals surface area contributed by atoms with Crippen molar-refractivity contribution in [3.8, 4) is 0 Å². The third-order valence-electron chi connectivity index (χ3n) is 7.44. The maximum atomic E-state index is 13.7. The topological polar surface area (TPSA) is 87.7 Å². The van der Waals surface area contributed by atoms with E-state index < -0.39 is 6.43 Å². The van der Waals surface area contributed by atoms with Crippen LogP contribution >= 0.6 is 0 Å². The number of carbonyl (C=O) groups excluding carboxylic acids is 2. The molecule has 0 aliphatic carbocycles. The van der Waals surface area contributed by atoms with E-state index in [1.54, 1.807) is 19.1 Å². The van der Waals surface area contributed by atoms with Gasteiger partial charge in [-0.3, -0.25) is 9.48 Å². The Bertz CT molecular complexity index is 1110. The zero-order chi connectivity index (χ0) is 26.0. The van der Waals surface area contributed by atoms with Crippen molar-refractivity contribution in [1.82, 2.24) is 19.6 Å². The molecule has 0 unspecified atom stereocenters. The molecule has 0 bridgehead atoms. The largest absolute Gasteiger partial charge is 0.398 e. The van der Waals surface area contributed by atoms with Gasteiger partial charge < -0.3 is 25.2 Å². The minimum atomic E-state index is -2.63. The van der Waals surface area contributed by atoms with E-state index in [0.29, 0.717) is 25.7 Å². The molecule has 3 aliphatic rings. The number of anilines is 3. The Hall–Kier alpha value is -3.01. The monoisotopic (exact) mass is 502 g/mol. The number of fused-ring (bicyclic) bond motifs is 2. The van der Waals surface area contributed by atoms with Crippen LogP contribution in [0.3, 0.4) is 0 Å². The first kappa shape index (κ1) is 26.1. The zero-order valence-electron chi connectivity index (χ0n) is 21.3. The molecule has 1 fully saturated rings. The highest BCUT2D eigenvalue weighted by Crippen LogP contribution is 2.42. The molecule has 1 aromatic heterocycles. The fourth-order valence-corrected chi connectivity index (χ4v) is 5.53. The lowest BCUT2D eigenvalue weighted by atomic mass is 9.97. The molecule has 0 radical (unpaired) electrons. The molecule has 1 saturated heterocycles. The number of aromatic nitrogens is 2. The number of nitrogens with zero attached hydrogens (tertiary/aromatic N) is 5. The Kier molecular flexibility index (Phi) is 7.92. The van der Waals surface area contributed by atoms with Crippen LogP contribution in [0.2, 0.25) is 0 Å².